The van der Waals surface area contributed by atoms with Crippen molar-refractivity contribution in [2.24, 2.45) is 7.05 Å². The number of aromatic nitrogens is 3. The highest BCUT2D eigenvalue weighted by Gasteiger charge is 2.15. The van der Waals surface area contributed by atoms with Crippen molar-refractivity contribution in [2.75, 3.05) is 0 Å². The number of carbonyl (C=O) groups is 1. The maximum absolute atomic E-state index is 10.6. The molecular weight excluding hydrogens is 146 g/mol. The topological polar surface area (TPSA) is 68.0 Å². The summed E-state index contributed by atoms with van der Waals surface area (Å²) in [7, 11) is 1.57. The predicted molar refractivity (Wildman–Crippen MR) is 37.3 cm³/mol. The number of nitrogens with zero attached hydrogens (tertiary/aromatic N) is 3. The molecule has 0 radical (unpaired) electrons. The summed E-state index contributed by atoms with van der Waals surface area (Å²) >= 11 is 0. The van der Waals surface area contributed by atoms with Crippen molar-refractivity contribution in [3.63, 3.8) is 0 Å². The molecule has 0 aliphatic rings. The van der Waals surface area contributed by atoms with Crippen molar-refractivity contribution in [3.05, 3.63) is 11.4 Å². The van der Waals surface area contributed by atoms with E-state index in [4.69, 9.17) is 5.11 Å². The van der Waals surface area contributed by atoms with Crippen LogP contribution in [0.2, 0.25) is 0 Å². The van der Waals surface area contributed by atoms with Crippen LogP contribution in [0.15, 0.2) is 0 Å². The Morgan fingerprint density at radius 3 is 2.73 bits per heavy atom. The van der Waals surface area contributed by atoms with E-state index in [2.05, 4.69) is 10.3 Å². The van der Waals surface area contributed by atoms with Crippen molar-refractivity contribution >= 4 is 5.97 Å². The van der Waals surface area contributed by atoms with Crippen LogP contribution in [0.3, 0.4) is 0 Å². The van der Waals surface area contributed by atoms with Crippen LogP contribution >= 0.6 is 0 Å². The lowest BCUT2D eigenvalue weighted by molar-refractivity contribution is 0.0684. The zero-order valence-electron chi connectivity index (χ0n) is 6.40. The lowest BCUT2D eigenvalue weighted by Crippen LogP contribution is -2.07. The van der Waals surface area contributed by atoms with E-state index in [-0.39, 0.29) is 5.69 Å². The molecule has 1 aromatic heterocycles. The average molecular weight is 155 g/mol. The number of aromatic carboxylic acids is 1. The Morgan fingerprint density at radius 1 is 1.73 bits per heavy atom. The third-order valence-electron chi connectivity index (χ3n) is 1.43. The molecule has 0 bridgehead atoms. The van der Waals surface area contributed by atoms with Crippen LogP contribution in [-0.2, 0) is 13.5 Å². The Balaban J connectivity index is 3.17. The van der Waals surface area contributed by atoms with Gasteiger partial charge in [-0.25, -0.2) is 9.48 Å². The fourth-order valence-corrected chi connectivity index (χ4v) is 0.900. The molecule has 0 spiro atoms. The van der Waals surface area contributed by atoms with Crippen LogP contribution in [0.5, 0.6) is 0 Å². The molecule has 1 N–H and O–H groups in total. The predicted octanol–water partition coefficient (Wildman–Crippen LogP) is 0.0757. The molecule has 1 heterocycles. The van der Waals surface area contributed by atoms with Crippen LogP contribution in [0, 0.1) is 0 Å². The molecule has 0 saturated heterocycles. The Kier molecular flexibility index (Phi) is 1.89. The maximum atomic E-state index is 10.6. The minimum Gasteiger partial charge on any atom is -0.476 e. The van der Waals surface area contributed by atoms with Crippen molar-refractivity contribution < 1.29 is 9.90 Å². The van der Waals surface area contributed by atoms with Gasteiger partial charge in [0.05, 0.1) is 5.69 Å². The van der Waals surface area contributed by atoms with Gasteiger partial charge in [-0.1, -0.05) is 12.1 Å². The second kappa shape index (κ2) is 2.69. The van der Waals surface area contributed by atoms with E-state index >= 15 is 0 Å². The first kappa shape index (κ1) is 7.71. The number of rotatable bonds is 2. The first-order valence-electron chi connectivity index (χ1n) is 3.28. The second-order valence-electron chi connectivity index (χ2n) is 2.17. The normalized spacial score (nSPS) is 10.0. The van der Waals surface area contributed by atoms with E-state index in [1.165, 1.54) is 4.68 Å². The van der Waals surface area contributed by atoms with Gasteiger partial charge in [-0.05, 0) is 6.42 Å². The summed E-state index contributed by atoms with van der Waals surface area (Å²) in [6.45, 7) is 1.84. The van der Waals surface area contributed by atoms with Gasteiger partial charge in [0.2, 0.25) is 0 Å². The summed E-state index contributed by atoms with van der Waals surface area (Å²) in [5, 5.41) is 15.9. The van der Waals surface area contributed by atoms with Crippen molar-refractivity contribution in [2.45, 2.75) is 13.3 Å². The van der Waals surface area contributed by atoms with Crippen molar-refractivity contribution in [1.82, 2.24) is 15.0 Å². The van der Waals surface area contributed by atoms with Gasteiger partial charge < -0.3 is 5.11 Å². The summed E-state index contributed by atoms with van der Waals surface area (Å²) in [6.07, 6.45) is 0.593. The van der Waals surface area contributed by atoms with E-state index in [1.807, 2.05) is 6.92 Å². The van der Waals surface area contributed by atoms with Crippen LogP contribution in [0.25, 0.3) is 0 Å². The average Bonchev–Trinajstić information content (AvgIpc) is 2.30. The van der Waals surface area contributed by atoms with E-state index < -0.39 is 5.97 Å². The number of aryl methyl sites for hydroxylation is 2. The molecule has 1 aromatic rings. The summed E-state index contributed by atoms with van der Waals surface area (Å²) < 4.78 is 1.27. The monoisotopic (exact) mass is 155 g/mol. The molecule has 1 rings (SSSR count). The third-order valence-corrected chi connectivity index (χ3v) is 1.43. The summed E-state index contributed by atoms with van der Waals surface area (Å²) in [4.78, 5) is 10.6. The van der Waals surface area contributed by atoms with Crippen LogP contribution in [0.4, 0.5) is 0 Å². The summed E-state index contributed by atoms with van der Waals surface area (Å²) in [5.41, 5.74) is 0.701. The Bertz CT molecular complexity index is 279. The Morgan fingerprint density at radius 2 is 2.36 bits per heavy atom. The highest BCUT2D eigenvalue weighted by molar-refractivity contribution is 5.86. The fourth-order valence-electron chi connectivity index (χ4n) is 0.900. The molecule has 0 unspecified atom stereocenters. The minimum absolute atomic E-state index is 0.174. The molecule has 5 nitrogen and oxygen atoms in total. The van der Waals surface area contributed by atoms with Gasteiger partial charge in [-0.15, -0.1) is 5.10 Å². The molecule has 0 atom stereocenters. The Hall–Kier alpha value is -1.39. The molecular formula is C6H9N3O2. The third kappa shape index (κ3) is 1.21. The largest absolute Gasteiger partial charge is 0.476 e. The van der Waals surface area contributed by atoms with Gasteiger partial charge >= 0.3 is 5.97 Å². The molecule has 11 heavy (non-hydrogen) atoms. The van der Waals surface area contributed by atoms with Gasteiger partial charge in [0.25, 0.3) is 0 Å². The molecule has 5 heteroatoms. The smallest absolute Gasteiger partial charge is 0.356 e. The molecule has 0 aliphatic carbocycles. The lowest BCUT2D eigenvalue weighted by atomic mass is 10.2. The standard InChI is InChI=1S/C6H9N3O2/c1-3-4-5(6(10)11)9(2)8-7-4/h3H2,1-2H3,(H,10,11). The van der Waals surface area contributed by atoms with Crippen LogP contribution < -0.4 is 0 Å². The maximum Gasteiger partial charge on any atom is 0.356 e. The van der Waals surface area contributed by atoms with Gasteiger partial charge in [-0.2, -0.15) is 0 Å². The van der Waals surface area contributed by atoms with E-state index in [9.17, 15) is 4.79 Å². The first-order valence-corrected chi connectivity index (χ1v) is 3.28. The molecule has 0 saturated carbocycles. The number of carboxylic acids is 1. The highest BCUT2D eigenvalue weighted by atomic mass is 16.4. The molecule has 60 valence electrons. The summed E-state index contributed by atoms with van der Waals surface area (Å²) in [5.74, 6) is -0.977. The lowest BCUT2D eigenvalue weighted by Gasteiger charge is -1.93. The van der Waals surface area contributed by atoms with Gasteiger partial charge in [0.1, 0.15) is 0 Å². The molecule has 0 amide bonds. The van der Waals surface area contributed by atoms with Crippen molar-refractivity contribution in [3.8, 4) is 0 Å². The Labute approximate surface area is 63.6 Å². The van der Waals surface area contributed by atoms with E-state index in [0.717, 1.165) is 0 Å². The van der Waals surface area contributed by atoms with Crippen LogP contribution in [0.1, 0.15) is 23.1 Å². The molecule has 0 fully saturated rings. The molecule has 0 aliphatic heterocycles. The minimum atomic E-state index is -0.977. The van der Waals surface area contributed by atoms with E-state index in [0.29, 0.717) is 12.1 Å². The number of hydrogen-bond acceptors (Lipinski definition) is 3. The fraction of sp³-hybridized carbons (Fsp3) is 0.500. The van der Waals surface area contributed by atoms with Gasteiger partial charge in [0.15, 0.2) is 5.69 Å². The van der Waals surface area contributed by atoms with Crippen molar-refractivity contribution in [1.29, 1.82) is 0 Å². The molecule has 0 aromatic carbocycles. The quantitative estimate of drug-likeness (QED) is 0.656. The van der Waals surface area contributed by atoms with Crippen LogP contribution in [-0.4, -0.2) is 26.1 Å². The summed E-state index contributed by atoms with van der Waals surface area (Å²) in [6, 6.07) is 0. The van der Waals surface area contributed by atoms with Gasteiger partial charge in [0, 0.05) is 7.05 Å². The zero-order chi connectivity index (χ0) is 8.43. The second-order valence-corrected chi connectivity index (χ2v) is 2.17. The van der Waals surface area contributed by atoms with E-state index in [1.54, 1.807) is 7.05 Å². The highest BCUT2D eigenvalue weighted by Crippen LogP contribution is 2.03. The van der Waals surface area contributed by atoms with Gasteiger partial charge in [-0.3, -0.25) is 0 Å². The first-order chi connectivity index (χ1) is 5.16. The number of hydrogen-bond donors (Lipinski definition) is 1. The SMILES string of the molecule is CCc1nnn(C)c1C(=O)O. The number of carboxylic acid groups (broad SMARTS) is 1. The zero-order valence-corrected chi connectivity index (χ0v) is 6.40.